The Morgan fingerprint density at radius 3 is 2.69 bits per heavy atom. The molecular formula is C25H25N5O5. The van der Waals surface area contributed by atoms with Gasteiger partial charge in [0, 0.05) is 11.6 Å². The maximum Gasteiger partial charge on any atom is 0.252 e. The maximum atomic E-state index is 13.2. The van der Waals surface area contributed by atoms with E-state index in [1.54, 1.807) is 29.1 Å². The molecule has 0 atom stereocenters. The molecule has 2 amide bonds. The SMILES string of the molecule is CC(C)n1ncc2c(C(=O)NCC(=O)NCc3ccco3)cc(-c3ccc4c(c3)OCCO4)nc21. The lowest BCUT2D eigenvalue weighted by atomic mass is 10.1. The number of rotatable bonds is 7. The number of nitrogens with one attached hydrogen (secondary N) is 2. The first kappa shape index (κ1) is 22.5. The summed E-state index contributed by atoms with van der Waals surface area (Å²) in [4.78, 5) is 30.2. The van der Waals surface area contributed by atoms with Crippen LogP contribution in [0.4, 0.5) is 0 Å². The van der Waals surface area contributed by atoms with Crippen molar-refractivity contribution >= 4 is 22.8 Å². The topological polar surface area (TPSA) is 121 Å². The molecule has 10 heteroatoms. The van der Waals surface area contributed by atoms with Crippen molar-refractivity contribution in [2.75, 3.05) is 19.8 Å². The minimum atomic E-state index is -0.396. The molecular weight excluding hydrogens is 450 g/mol. The van der Waals surface area contributed by atoms with Gasteiger partial charge in [0.05, 0.1) is 42.2 Å². The third-order valence-corrected chi connectivity index (χ3v) is 5.59. The van der Waals surface area contributed by atoms with E-state index in [4.69, 9.17) is 18.9 Å². The van der Waals surface area contributed by atoms with Gasteiger partial charge < -0.3 is 24.5 Å². The van der Waals surface area contributed by atoms with E-state index in [0.29, 0.717) is 52.8 Å². The zero-order valence-corrected chi connectivity index (χ0v) is 19.4. The second-order valence-electron chi connectivity index (χ2n) is 8.37. The standard InChI is InChI=1S/C25H25N5O5/c1-15(2)30-24-19(13-28-30)18(25(32)27-14-23(31)26-12-17-4-3-7-33-17)11-20(29-24)16-5-6-21-22(10-16)35-9-8-34-21/h3-7,10-11,13,15H,8-9,12,14H2,1-2H3,(H,26,31)(H,27,32). The van der Waals surface area contributed by atoms with Crippen LogP contribution in [0.15, 0.2) is 53.3 Å². The lowest BCUT2D eigenvalue weighted by molar-refractivity contribution is -0.120. The average Bonchev–Trinajstić information content (AvgIpc) is 3.55. The monoisotopic (exact) mass is 475 g/mol. The molecule has 0 saturated carbocycles. The number of pyridine rings is 1. The Morgan fingerprint density at radius 2 is 1.91 bits per heavy atom. The molecule has 0 bridgehead atoms. The highest BCUT2D eigenvalue weighted by Crippen LogP contribution is 2.35. The van der Waals surface area contributed by atoms with Crippen LogP contribution >= 0.6 is 0 Å². The van der Waals surface area contributed by atoms with Crippen LogP contribution in [0.5, 0.6) is 11.5 Å². The van der Waals surface area contributed by atoms with Crippen LogP contribution in [-0.2, 0) is 11.3 Å². The lowest BCUT2D eigenvalue weighted by Crippen LogP contribution is -2.36. The van der Waals surface area contributed by atoms with Gasteiger partial charge in [0.1, 0.15) is 19.0 Å². The van der Waals surface area contributed by atoms with E-state index in [1.165, 1.54) is 6.26 Å². The van der Waals surface area contributed by atoms with Gasteiger partial charge in [-0.15, -0.1) is 0 Å². The molecule has 0 spiro atoms. The normalized spacial score (nSPS) is 12.7. The van der Waals surface area contributed by atoms with Crippen LogP contribution < -0.4 is 20.1 Å². The number of ether oxygens (including phenoxy) is 2. The van der Waals surface area contributed by atoms with Crippen LogP contribution in [0, 0.1) is 0 Å². The van der Waals surface area contributed by atoms with Crippen molar-refractivity contribution in [2.24, 2.45) is 0 Å². The fraction of sp³-hybridized carbons (Fsp3) is 0.280. The zero-order chi connectivity index (χ0) is 24.4. The quantitative estimate of drug-likeness (QED) is 0.421. The summed E-state index contributed by atoms with van der Waals surface area (Å²) in [5.74, 6) is 1.21. The summed E-state index contributed by atoms with van der Waals surface area (Å²) in [7, 11) is 0. The van der Waals surface area contributed by atoms with Gasteiger partial charge in [0.15, 0.2) is 17.1 Å². The first-order valence-electron chi connectivity index (χ1n) is 11.3. The molecule has 1 aromatic carbocycles. The molecule has 0 unspecified atom stereocenters. The molecule has 2 N–H and O–H groups in total. The molecule has 1 aliphatic heterocycles. The Kier molecular flexibility index (Phi) is 6.09. The number of carbonyl (C=O) groups excluding carboxylic acids is 2. The Morgan fingerprint density at radius 1 is 1.09 bits per heavy atom. The van der Waals surface area contributed by atoms with Crippen LogP contribution in [0.1, 0.15) is 36.0 Å². The summed E-state index contributed by atoms with van der Waals surface area (Å²) >= 11 is 0. The summed E-state index contributed by atoms with van der Waals surface area (Å²) in [6.07, 6.45) is 3.16. The molecule has 180 valence electrons. The minimum Gasteiger partial charge on any atom is -0.486 e. The van der Waals surface area contributed by atoms with Crippen molar-refractivity contribution < 1.29 is 23.5 Å². The van der Waals surface area contributed by atoms with Crippen molar-refractivity contribution in [3.8, 4) is 22.8 Å². The number of amides is 2. The van der Waals surface area contributed by atoms with E-state index in [1.807, 2.05) is 32.0 Å². The number of aromatic nitrogens is 3. The molecule has 4 heterocycles. The second-order valence-corrected chi connectivity index (χ2v) is 8.37. The van der Waals surface area contributed by atoms with E-state index in [0.717, 1.165) is 5.56 Å². The molecule has 10 nitrogen and oxygen atoms in total. The number of benzene rings is 1. The van der Waals surface area contributed by atoms with Gasteiger partial charge in [-0.25, -0.2) is 9.67 Å². The number of fused-ring (bicyclic) bond motifs is 2. The van der Waals surface area contributed by atoms with Crippen molar-refractivity contribution in [1.82, 2.24) is 25.4 Å². The average molecular weight is 476 g/mol. The number of furan rings is 1. The zero-order valence-electron chi connectivity index (χ0n) is 19.4. The van der Waals surface area contributed by atoms with Crippen molar-refractivity contribution in [3.63, 3.8) is 0 Å². The summed E-state index contributed by atoms with van der Waals surface area (Å²) in [6.45, 7) is 5.03. The Hall–Kier alpha value is -4.34. The summed E-state index contributed by atoms with van der Waals surface area (Å²) in [6, 6.07) is 10.8. The van der Waals surface area contributed by atoms with Gasteiger partial charge in [0.25, 0.3) is 5.91 Å². The fourth-order valence-electron chi connectivity index (χ4n) is 3.85. The lowest BCUT2D eigenvalue weighted by Gasteiger charge is -2.19. The van der Waals surface area contributed by atoms with E-state index >= 15 is 0 Å². The van der Waals surface area contributed by atoms with E-state index in [2.05, 4.69) is 15.7 Å². The number of hydrogen-bond donors (Lipinski definition) is 2. The van der Waals surface area contributed by atoms with Gasteiger partial charge in [-0.2, -0.15) is 5.10 Å². The van der Waals surface area contributed by atoms with Crippen molar-refractivity contribution in [3.05, 3.63) is 60.2 Å². The first-order valence-corrected chi connectivity index (χ1v) is 11.3. The second kappa shape index (κ2) is 9.49. The van der Waals surface area contributed by atoms with Gasteiger partial charge in [0.2, 0.25) is 5.91 Å². The van der Waals surface area contributed by atoms with E-state index in [-0.39, 0.29) is 25.0 Å². The molecule has 1 aliphatic rings. The first-order chi connectivity index (χ1) is 17.0. The molecule has 35 heavy (non-hydrogen) atoms. The summed E-state index contributed by atoms with van der Waals surface area (Å²) < 4.78 is 18.3. The molecule has 0 aliphatic carbocycles. The molecule has 0 fully saturated rings. The van der Waals surface area contributed by atoms with Gasteiger partial charge in [-0.3, -0.25) is 9.59 Å². The van der Waals surface area contributed by atoms with Gasteiger partial charge >= 0.3 is 0 Å². The Bertz CT molecular complexity index is 1380. The molecule has 0 saturated heterocycles. The van der Waals surface area contributed by atoms with Crippen LogP contribution in [0.2, 0.25) is 0 Å². The van der Waals surface area contributed by atoms with E-state index < -0.39 is 5.91 Å². The highest BCUT2D eigenvalue weighted by molar-refractivity contribution is 6.07. The van der Waals surface area contributed by atoms with Gasteiger partial charge in [-0.05, 0) is 50.2 Å². The predicted molar refractivity (Wildman–Crippen MR) is 127 cm³/mol. The van der Waals surface area contributed by atoms with Crippen LogP contribution in [0.3, 0.4) is 0 Å². The smallest absolute Gasteiger partial charge is 0.252 e. The molecule has 4 aromatic rings. The van der Waals surface area contributed by atoms with Crippen molar-refractivity contribution in [2.45, 2.75) is 26.4 Å². The molecule has 3 aromatic heterocycles. The molecule has 5 rings (SSSR count). The van der Waals surface area contributed by atoms with Crippen molar-refractivity contribution in [1.29, 1.82) is 0 Å². The van der Waals surface area contributed by atoms with Crippen LogP contribution in [-0.4, -0.2) is 46.3 Å². The van der Waals surface area contributed by atoms with Gasteiger partial charge in [-0.1, -0.05) is 0 Å². The highest BCUT2D eigenvalue weighted by atomic mass is 16.6. The largest absolute Gasteiger partial charge is 0.486 e. The summed E-state index contributed by atoms with van der Waals surface area (Å²) in [5.41, 5.74) is 2.33. The minimum absolute atomic E-state index is 0.0406. The number of hydrogen-bond acceptors (Lipinski definition) is 7. The Balaban J connectivity index is 1.42. The predicted octanol–water partition coefficient (Wildman–Crippen LogP) is 3.09. The number of carbonyl (C=O) groups is 2. The third-order valence-electron chi connectivity index (χ3n) is 5.59. The van der Waals surface area contributed by atoms with E-state index in [9.17, 15) is 9.59 Å². The maximum absolute atomic E-state index is 13.2. The Labute approximate surface area is 201 Å². The highest BCUT2D eigenvalue weighted by Gasteiger charge is 2.20. The fourth-order valence-corrected chi connectivity index (χ4v) is 3.85. The molecule has 0 radical (unpaired) electrons. The summed E-state index contributed by atoms with van der Waals surface area (Å²) in [5, 5.41) is 10.5. The number of nitrogens with zero attached hydrogens (tertiary/aromatic N) is 3. The third kappa shape index (κ3) is 4.68. The van der Waals surface area contributed by atoms with Crippen LogP contribution in [0.25, 0.3) is 22.3 Å².